The van der Waals surface area contributed by atoms with Crippen LogP contribution in [0.2, 0.25) is 0 Å². The van der Waals surface area contributed by atoms with E-state index >= 15 is 0 Å². The van der Waals surface area contributed by atoms with Crippen LogP contribution in [-0.4, -0.2) is 28.7 Å². The quantitative estimate of drug-likeness (QED) is 0.580. The number of hydrogen-bond donors (Lipinski definition) is 0. The molecule has 2 heterocycles. The average Bonchev–Trinajstić information content (AvgIpc) is 2.46. The summed E-state index contributed by atoms with van der Waals surface area (Å²) in [5, 5.41) is 10.9. The Balaban J connectivity index is 1.87. The maximum atomic E-state index is 10.9. The van der Waals surface area contributed by atoms with Gasteiger partial charge in [-0.15, -0.1) is 0 Å². The van der Waals surface area contributed by atoms with Crippen LogP contribution in [-0.2, 0) is 6.42 Å². The molecule has 1 saturated heterocycles. The molecule has 0 saturated carbocycles. The summed E-state index contributed by atoms with van der Waals surface area (Å²) in [5.74, 6) is 1.50. The highest BCUT2D eigenvalue weighted by atomic mass is 16.6. The van der Waals surface area contributed by atoms with Crippen molar-refractivity contribution in [2.75, 3.05) is 13.1 Å². The minimum absolute atomic E-state index is 0.163. The maximum absolute atomic E-state index is 10.9. The lowest BCUT2D eigenvalue weighted by Gasteiger charge is -2.33. The lowest BCUT2D eigenvalue weighted by Crippen LogP contribution is -2.39. The fourth-order valence-electron chi connectivity index (χ4n) is 3.47. The number of aliphatic imine (C=N–C) groups is 1. The average molecular weight is 301 g/mol. The molecule has 1 aromatic carbocycles. The zero-order valence-corrected chi connectivity index (χ0v) is 13.1. The van der Waals surface area contributed by atoms with Crippen molar-refractivity contribution in [2.45, 2.75) is 45.4 Å². The van der Waals surface area contributed by atoms with Gasteiger partial charge in [0.25, 0.3) is 5.69 Å². The molecular weight excluding hydrogens is 278 g/mol. The number of hydrogen-bond acceptors (Lipinski definition) is 4. The maximum Gasteiger partial charge on any atom is 0.269 e. The highest BCUT2D eigenvalue weighted by Gasteiger charge is 2.25. The Kier molecular flexibility index (Phi) is 4.41. The summed E-state index contributed by atoms with van der Waals surface area (Å²) in [5.41, 5.74) is 2.06. The van der Waals surface area contributed by atoms with Gasteiger partial charge < -0.3 is 4.90 Å². The zero-order chi connectivity index (χ0) is 15.5. The third kappa shape index (κ3) is 3.13. The van der Waals surface area contributed by atoms with Crippen LogP contribution in [0.3, 0.4) is 0 Å². The van der Waals surface area contributed by atoms with E-state index in [1.165, 1.54) is 37.9 Å². The van der Waals surface area contributed by atoms with E-state index in [1.54, 1.807) is 18.2 Å². The largest absolute Gasteiger partial charge is 0.360 e. The minimum Gasteiger partial charge on any atom is -0.360 e. The number of nitro benzene ring substituents is 1. The Morgan fingerprint density at radius 3 is 2.55 bits per heavy atom. The van der Waals surface area contributed by atoms with Gasteiger partial charge in [-0.05, 0) is 30.9 Å². The smallest absolute Gasteiger partial charge is 0.269 e. The summed E-state index contributed by atoms with van der Waals surface area (Å²) in [7, 11) is 0. The Labute approximate surface area is 131 Å². The van der Waals surface area contributed by atoms with Gasteiger partial charge in [0.05, 0.1) is 10.6 Å². The van der Waals surface area contributed by atoms with Crippen LogP contribution in [0.25, 0.3) is 0 Å². The van der Waals surface area contributed by atoms with Gasteiger partial charge in [0.2, 0.25) is 0 Å². The standard InChI is InChI=1S/C17H23N3O2/c1-13-11-14-12-15(20(21)22)7-8-16(14)18-17(13)19-9-5-3-2-4-6-10-19/h7-8,12-13H,2-6,9-11H2,1H3. The molecule has 0 aromatic heterocycles. The van der Waals surface area contributed by atoms with Crippen molar-refractivity contribution in [1.82, 2.24) is 4.90 Å². The molecule has 1 atom stereocenters. The Bertz CT molecular complexity index is 590. The summed E-state index contributed by atoms with van der Waals surface area (Å²) in [6, 6.07) is 5.03. The minimum atomic E-state index is -0.331. The zero-order valence-electron chi connectivity index (χ0n) is 13.1. The van der Waals surface area contributed by atoms with E-state index in [1.807, 2.05) is 0 Å². The number of rotatable bonds is 1. The van der Waals surface area contributed by atoms with Crippen molar-refractivity contribution in [3.8, 4) is 0 Å². The van der Waals surface area contributed by atoms with E-state index in [9.17, 15) is 10.1 Å². The first-order valence-electron chi connectivity index (χ1n) is 8.26. The number of likely N-dealkylation sites (tertiary alicyclic amines) is 1. The van der Waals surface area contributed by atoms with Crippen LogP contribution < -0.4 is 0 Å². The molecule has 0 amide bonds. The highest BCUT2D eigenvalue weighted by Crippen LogP contribution is 2.32. The second-order valence-electron chi connectivity index (χ2n) is 6.40. The number of non-ortho nitro benzene ring substituents is 1. The number of benzene rings is 1. The molecule has 0 aliphatic carbocycles. The van der Waals surface area contributed by atoms with Gasteiger partial charge in [-0.25, -0.2) is 4.99 Å². The molecule has 0 spiro atoms. The number of nitrogens with zero attached hydrogens (tertiary/aromatic N) is 3. The lowest BCUT2D eigenvalue weighted by atomic mass is 9.94. The second-order valence-corrected chi connectivity index (χ2v) is 6.40. The van der Waals surface area contributed by atoms with E-state index in [-0.39, 0.29) is 10.6 Å². The highest BCUT2D eigenvalue weighted by molar-refractivity contribution is 5.89. The van der Waals surface area contributed by atoms with E-state index in [4.69, 9.17) is 4.99 Å². The first-order valence-corrected chi connectivity index (χ1v) is 8.26. The molecular formula is C17H23N3O2. The molecule has 22 heavy (non-hydrogen) atoms. The van der Waals surface area contributed by atoms with Crippen molar-refractivity contribution in [3.63, 3.8) is 0 Å². The Hall–Kier alpha value is -1.91. The molecule has 1 unspecified atom stereocenters. The fraction of sp³-hybridized carbons (Fsp3) is 0.588. The van der Waals surface area contributed by atoms with Gasteiger partial charge in [0, 0.05) is 31.1 Å². The van der Waals surface area contributed by atoms with Crippen LogP contribution in [0.4, 0.5) is 11.4 Å². The molecule has 0 N–H and O–H groups in total. The third-order valence-corrected chi connectivity index (χ3v) is 4.66. The summed E-state index contributed by atoms with van der Waals surface area (Å²) < 4.78 is 0. The van der Waals surface area contributed by atoms with Crippen molar-refractivity contribution >= 4 is 17.2 Å². The van der Waals surface area contributed by atoms with Gasteiger partial charge in [-0.3, -0.25) is 10.1 Å². The van der Waals surface area contributed by atoms with Crippen molar-refractivity contribution in [2.24, 2.45) is 10.9 Å². The summed E-state index contributed by atoms with van der Waals surface area (Å²) in [6.45, 7) is 4.36. The van der Waals surface area contributed by atoms with Crippen LogP contribution >= 0.6 is 0 Å². The van der Waals surface area contributed by atoms with Crippen LogP contribution in [0, 0.1) is 16.0 Å². The topological polar surface area (TPSA) is 58.7 Å². The Morgan fingerprint density at radius 1 is 1.18 bits per heavy atom. The predicted octanol–water partition coefficient (Wildman–Crippen LogP) is 4.08. The van der Waals surface area contributed by atoms with E-state index < -0.39 is 0 Å². The molecule has 1 fully saturated rings. The van der Waals surface area contributed by atoms with Gasteiger partial charge in [-0.1, -0.05) is 26.2 Å². The number of nitro groups is 1. The molecule has 5 heteroatoms. The molecule has 3 rings (SSSR count). The predicted molar refractivity (Wildman–Crippen MR) is 87.7 cm³/mol. The third-order valence-electron chi connectivity index (χ3n) is 4.66. The molecule has 1 aromatic rings. The van der Waals surface area contributed by atoms with E-state index in [2.05, 4.69) is 11.8 Å². The van der Waals surface area contributed by atoms with Crippen LogP contribution in [0.1, 0.15) is 44.6 Å². The Morgan fingerprint density at radius 2 is 1.86 bits per heavy atom. The van der Waals surface area contributed by atoms with Gasteiger partial charge >= 0.3 is 0 Å². The van der Waals surface area contributed by atoms with Gasteiger partial charge in [0.15, 0.2) is 0 Å². The summed E-state index contributed by atoms with van der Waals surface area (Å²) in [4.78, 5) is 17.9. The first kappa shape index (κ1) is 15.0. The monoisotopic (exact) mass is 301 g/mol. The van der Waals surface area contributed by atoms with Crippen molar-refractivity contribution in [3.05, 3.63) is 33.9 Å². The van der Waals surface area contributed by atoms with Crippen LogP contribution in [0.5, 0.6) is 0 Å². The van der Waals surface area contributed by atoms with Crippen LogP contribution in [0.15, 0.2) is 23.2 Å². The second kappa shape index (κ2) is 6.46. The summed E-state index contributed by atoms with van der Waals surface area (Å²) >= 11 is 0. The van der Waals surface area contributed by atoms with Gasteiger partial charge in [-0.2, -0.15) is 0 Å². The van der Waals surface area contributed by atoms with Gasteiger partial charge in [0.1, 0.15) is 5.84 Å². The number of fused-ring (bicyclic) bond motifs is 1. The van der Waals surface area contributed by atoms with Crippen molar-refractivity contribution < 1.29 is 4.92 Å². The molecule has 2 aliphatic rings. The van der Waals surface area contributed by atoms with Crippen molar-refractivity contribution in [1.29, 1.82) is 0 Å². The lowest BCUT2D eigenvalue weighted by molar-refractivity contribution is -0.384. The fourth-order valence-corrected chi connectivity index (χ4v) is 3.47. The molecule has 118 valence electrons. The first-order chi connectivity index (χ1) is 10.6. The van der Waals surface area contributed by atoms with E-state index in [0.717, 1.165) is 30.8 Å². The van der Waals surface area contributed by atoms with E-state index in [0.29, 0.717) is 5.92 Å². The number of amidine groups is 1. The molecule has 0 bridgehead atoms. The summed E-state index contributed by atoms with van der Waals surface area (Å²) in [6.07, 6.45) is 7.27. The molecule has 5 nitrogen and oxygen atoms in total. The molecule has 2 aliphatic heterocycles. The molecule has 0 radical (unpaired) electrons. The normalized spacial score (nSPS) is 22.3. The SMILES string of the molecule is CC1Cc2cc([N+](=O)[O-])ccc2N=C1N1CCCCCCC1.